The van der Waals surface area contributed by atoms with Gasteiger partial charge in [0.05, 0.1) is 11.7 Å². The highest BCUT2D eigenvalue weighted by Gasteiger charge is 2.18. The van der Waals surface area contributed by atoms with Crippen LogP contribution in [0.1, 0.15) is 31.5 Å². The van der Waals surface area contributed by atoms with Crippen molar-refractivity contribution in [1.82, 2.24) is 10.3 Å². The summed E-state index contributed by atoms with van der Waals surface area (Å²) in [6.45, 7) is 6.55. The van der Waals surface area contributed by atoms with Gasteiger partial charge in [0.2, 0.25) is 11.8 Å². The van der Waals surface area contributed by atoms with Gasteiger partial charge in [0.15, 0.2) is 0 Å². The molecule has 0 radical (unpaired) electrons. The maximum absolute atomic E-state index is 11.9. The van der Waals surface area contributed by atoms with Crippen molar-refractivity contribution < 1.29 is 9.21 Å². The lowest BCUT2D eigenvalue weighted by atomic mass is 9.99. The zero-order chi connectivity index (χ0) is 16.8. The minimum absolute atomic E-state index is 0. The molecule has 0 aliphatic carbocycles. The van der Waals surface area contributed by atoms with E-state index in [9.17, 15) is 4.79 Å². The molecule has 0 bridgehead atoms. The third-order valence-corrected chi connectivity index (χ3v) is 4.09. The molecule has 0 saturated heterocycles. The number of aromatic nitrogens is 1. The van der Waals surface area contributed by atoms with E-state index in [0.717, 1.165) is 17.7 Å². The van der Waals surface area contributed by atoms with Crippen LogP contribution in [0.5, 0.6) is 0 Å². The normalized spacial score (nSPS) is 13.0. The highest BCUT2D eigenvalue weighted by Crippen LogP contribution is 2.19. The van der Waals surface area contributed by atoms with Crippen molar-refractivity contribution >= 4 is 18.3 Å². The van der Waals surface area contributed by atoms with Gasteiger partial charge < -0.3 is 15.5 Å². The highest BCUT2D eigenvalue weighted by atomic mass is 35.5. The van der Waals surface area contributed by atoms with Crippen molar-refractivity contribution in [3.8, 4) is 11.5 Å². The van der Waals surface area contributed by atoms with Crippen molar-refractivity contribution in [1.29, 1.82) is 0 Å². The monoisotopic (exact) mass is 351 g/mol. The largest absolute Gasteiger partial charge is 0.444 e. The molecule has 2 rings (SSSR count). The summed E-state index contributed by atoms with van der Waals surface area (Å²) in [6, 6.07) is 7.56. The van der Waals surface area contributed by atoms with Crippen LogP contribution in [0.2, 0.25) is 0 Å². The number of carbonyl (C=O) groups excluding carboxylic acids is 1. The second-order valence-corrected chi connectivity index (χ2v) is 5.96. The van der Waals surface area contributed by atoms with Crippen LogP contribution < -0.4 is 11.1 Å². The topological polar surface area (TPSA) is 81.2 Å². The lowest BCUT2D eigenvalue weighted by Gasteiger charge is -2.17. The Balaban J connectivity index is 0.00000288. The summed E-state index contributed by atoms with van der Waals surface area (Å²) in [5.74, 6) is 0.666. The number of rotatable bonds is 7. The number of oxazole rings is 1. The van der Waals surface area contributed by atoms with Crippen molar-refractivity contribution in [2.24, 2.45) is 11.7 Å². The molecule has 0 spiro atoms. The van der Waals surface area contributed by atoms with Crippen LogP contribution in [-0.4, -0.2) is 23.5 Å². The van der Waals surface area contributed by atoms with E-state index in [0.29, 0.717) is 18.9 Å². The number of aryl methyl sites for hydroxylation is 1. The van der Waals surface area contributed by atoms with Crippen molar-refractivity contribution in [3.63, 3.8) is 0 Å². The predicted molar refractivity (Wildman–Crippen MR) is 98.1 cm³/mol. The number of halogens is 1. The molecule has 0 saturated carbocycles. The van der Waals surface area contributed by atoms with E-state index in [2.05, 4.69) is 10.3 Å². The van der Waals surface area contributed by atoms with Crippen LogP contribution in [-0.2, 0) is 11.2 Å². The van der Waals surface area contributed by atoms with Crippen LogP contribution >= 0.6 is 12.4 Å². The van der Waals surface area contributed by atoms with Crippen LogP contribution in [0.4, 0.5) is 0 Å². The molecular formula is C18H26ClN3O2. The predicted octanol–water partition coefficient (Wildman–Crippen LogP) is 3.10. The van der Waals surface area contributed by atoms with Gasteiger partial charge in [-0.2, -0.15) is 0 Å². The first-order valence-corrected chi connectivity index (χ1v) is 8.06. The van der Waals surface area contributed by atoms with Gasteiger partial charge in [0.25, 0.3) is 0 Å². The maximum atomic E-state index is 11.9. The first kappa shape index (κ1) is 20.2. The zero-order valence-corrected chi connectivity index (χ0v) is 15.2. The summed E-state index contributed by atoms with van der Waals surface area (Å²) < 4.78 is 5.50. The van der Waals surface area contributed by atoms with Gasteiger partial charge in [0.1, 0.15) is 6.26 Å². The minimum atomic E-state index is -0.458. The molecule has 0 aliphatic heterocycles. The van der Waals surface area contributed by atoms with E-state index < -0.39 is 6.04 Å². The fourth-order valence-corrected chi connectivity index (χ4v) is 2.19. The van der Waals surface area contributed by atoms with Crippen molar-refractivity contribution in [3.05, 3.63) is 41.8 Å². The lowest BCUT2D eigenvalue weighted by Crippen LogP contribution is -2.45. The second kappa shape index (κ2) is 9.45. The third kappa shape index (κ3) is 5.35. The summed E-state index contributed by atoms with van der Waals surface area (Å²) in [6.07, 6.45) is 3.14. The van der Waals surface area contributed by atoms with E-state index in [4.69, 9.17) is 10.2 Å². The van der Waals surface area contributed by atoms with Crippen molar-refractivity contribution in [2.75, 3.05) is 6.54 Å². The molecule has 24 heavy (non-hydrogen) atoms. The number of carbonyl (C=O) groups is 1. The Morgan fingerprint density at radius 2 is 2.00 bits per heavy atom. The number of hydrogen-bond donors (Lipinski definition) is 2. The van der Waals surface area contributed by atoms with Crippen LogP contribution in [0.25, 0.3) is 11.5 Å². The molecule has 2 aromatic rings. The fourth-order valence-electron chi connectivity index (χ4n) is 2.19. The molecule has 0 aliphatic rings. The molecule has 2 unspecified atom stereocenters. The Morgan fingerprint density at radius 1 is 1.33 bits per heavy atom. The molecule has 1 heterocycles. The van der Waals surface area contributed by atoms with Gasteiger partial charge in [0, 0.05) is 18.5 Å². The molecule has 1 amide bonds. The van der Waals surface area contributed by atoms with E-state index >= 15 is 0 Å². The molecule has 2 atom stereocenters. The molecule has 0 fully saturated rings. The number of nitrogens with one attached hydrogen (secondary N) is 1. The Labute approximate surface area is 149 Å². The molecule has 1 aromatic carbocycles. The smallest absolute Gasteiger partial charge is 0.237 e. The van der Waals surface area contributed by atoms with Gasteiger partial charge >= 0.3 is 0 Å². The molecule has 6 heteroatoms. The van der Waals surface area contributed by atoms with Gasteiger partial charge in [-0.3, -0.25) is 4.79 Å². The highest BCUT2D eigenvalue weighted by molar-refractivity contribution is 5.85. The minimum Gasteiger partial charge on any atom is -0.444 e. The number of benzene rings is 1. The number of nitrogens with two attached hydrogens (primary N) is 1. The third-order valence-electron chi connectivity index (χ3n) is 4.09. The summed E-state index contributed by atoms with van der Waals surface area (Å²) in [5.41, 5.74) is 8.86. The first-order valence-electron chi connectivity index (χ1n) is 8.06. The van der Waals surface area contributed by atoms with Gasteiger partial charge in [-0.05, 0) is 25.0 Å². The maximum Gasteiger partial charge on any atom is 0.237 e. The Hall–Kier alpha value is -1.85. The van der Waals surface area contributed by atoms with Crippen LogP contribution in [0.15, 0.2) is 34.9 Å². The quantitative estimate of drug-likeness (QED) is 0.803. The van der Waals surface area contributed by atoms with Gasteiger partial charge in [-0.1, -0.05) is 38.0 Å². The molecule has 5 nitrogen and oxygen atoms in total. The average molecular weight is 352 g/mol. The molecular weight excluding hydrogens is 326 g/mol. The van der Waals surface area contributed by atoms with Gasteiger partial charge in [-0.15, -0.1) is 12.4 Å². The number of hydrogen-bond acceptors (Lipinski definition) is 4. The molecule has 132 valence electrons. The Kier molecular flexibility index (Phi) is 7.95. The summed E-state index contributed by atoms with van der Waals surface area (Å²) >= 11 is 0. The van der Waals surface area contributed by atoms with E-state index in [-0.39, 0.29) is 24.2 Å². The Morgan fingerprint density at radius 3 is 2.62 bits per heavy atom. The van der Waals surface area contributed by atoms with Gasteiger partial charge in [-0.25, -0.2) is 4.98 Å². The number of nitrogens with zero attached hydrogens (tertiary/aromatic N) is 1. The Bertz CT molecular complexity index is 640. The van der Waals surface area contributed by atoms with Crippen LogP contribution in [0.3, 0.4) is 0 Å². The lowest BCUT2D eigenvalue weighted by molar-refractivity contribution is -0.123. The average Bonchev–Trinajstić information content (AvgIpc) is 3.02. The van der Waals surface area contributed by atoms with E-state index in [1.54, 1.807) is 6.26 Å². The second-order valence-electron chi connectivity index (χ2n) is 5.96. The summed E-state index contributed by atoms with van der Waals surface area (Å²) in [5, 5.41) is 2.86. The standard InChI is InChI=1S/C18H25N3O2.ClH/c1-4-13(3)16(19)17(22)20-10-9-15-11-23-18(21-15)14-7-5-12(2)6-8-14;/h5-8,11,13,16H,4,9-10,19H2,1-3H3,(H,20,22);1H. The summed E-state index contributed by atoms with van der Waals surface area (Å²) in [7, 11) is 0. The molecule has 3 N–H and O–H groups in total. The number of amides is 1. The van der Waals surface area contributed by atoms with E-state index in [1.165, 1.54) is 5.56 Å². The molecule has 1 aromatic heterocycles. The SMILES string of the molecule is CCC(C)C(N)C(=O)NCCc1coc(-c2ccc(C)cc2)n1.Cl. The fraction of sp³-hybridized carbons (Fsp3) is 0.444. The first-order chi connectivity index (χ1) is 11.0. The van der Waals surface area contributed by atoms with Crippen LogP contribution in [0, 0.1) is 12.8 Å². The van der Waals surface area contributed by atoms with E-state index in [1.807, 2.05) is 45.0 Å². The summed E-state index contributed by atoms with van der Waals surface area (Å²) in [4.78, 5) is 16.4. The van der Waals surface area contributed by atoms with Crippen molar-refractivity contribution in [2.45, 2.75) is 39.7 Å². The zero-order valence-electron chi connectivity index (χ0n) is 14.4.